The summed E-state index contributed by atoms with van der Waals surface area (Å²) in [6.07, 6.45) is -0.295. The quantitative estimate of drug-likeness (QED) is 0.909. The van der Waals surface area contributed by atoms with Gasteiger partial charge in [-0.15, -0.1) is 0 Å². The number of amides is 1. The minimum atomic E-state index is -0.926. The van der Waals surface area contributed by atoms with Crippen molar-refractivity contribution in [2.24, 2.45) is 0 Å². The van der Waals surface area contributed by atoms with Crippen molar-refractivity contribution >= 4 is 17.6 Å². The van der Waals surface area contributed by atoms with E-state index < -0.39 is 12.1 Å². The summed E-state index contributed by atoms with van der Waals surface area (Å²) >= 11 is 0. The van der Waals surface area contributed by atoms with Gasteiger partial charge in [0, 0.05) is 13.0 Å². The Kier molecular flexibility index (Phi) is 4.74. The third kappa shape index (κ3) is 3.65. The van der Waals surface area contributed by atoms with E-state index >= 15 is 0 Å². The second-order valence-electron chi connectivity index (χ2n) is 6.36. The van der Waals surface area contributed by atoms with Gasteiger partial charge < -0.3 is 14.7 Å². The molecule has 1 amide bonds. The summed E-state index contributed by atoms with van der Waals surface area (Å²) in [6.45, 7) is 4.03. The number of aryl methyl sites for hydroxylation is 2. The van der Waals surface area contributed by atoms with Crippen LogP contribution >= 0.6 is 0 Å². The topological polar surface area (TPSA) is 66.8 Å². The third-order valence-corrected chi connectivity index (χ3v) is 4.30. The lowest BCUT2D eigenvalue weighted by molar-refractivity contribution is -0.136. The van der Waals surface area contributed by atoms with E-state index in [0.717, 1.165) is 16.7 Å². The lowest BCUT2D eigenvalue weighted by Crippen LogP contribution is -2.48. The molecule has 0 fully saturated rings. The number of nitrogens with zero attached hydrogens (tertiary/aromatic N) is 1. The van der Waals surface area contributed by atoms with E-state index in [4.69, 9.17) is 9.84 Å². The number of hydrogen-bond acceptors (Lipinski definition) is 3. The summed E-state index contributed by atoms with van der Waals surface area (Å²) in [5.41, 5.74) is 3.62. The maximum Gasteiger partial charge on any atom is 0.305 e. The van der Waals surface area contributed by atoms with Gasteiger partial charge in [-0.05, 0) is 36.6 Å². The standard InChI is InChI=1S/C20H21NO4/c1-13-10-14(2)19-16(11-13)21(9-8-18(22)23)20(24)17(25-19)12-15-6-4-3-5-7-15/h3-7,10-11,17H,8-9,12H2,1-2H3,(H,22,23). The Bertz CT molecular complexity index is 801. The molecule has 0 aromatic heterocycles. The number of hydrogen-bond donors (Lipinski definition) is 1. The summed E-state index contributed by atoms with van der Waals surface area (Å²) in [6, 6.07) is 13.6. The highest BCUT2D eigenvalue weighted by Crippen LogP contribution is 2.38. The molecule has 1 heterocycles. The number of carbonyl (C=O) groups is 2. The Morgan fingerprint density at radius 1 is 1.20 bits per heavy atom. The fraction of sp³-hybridized carbons (Fsp3) is 0.300. The molecule has 25 heavy (non-hydrogen) atoms. The van der Waals surface area contributed by atoms with Crippen LogP contribution in [0, 0.1) is 13.8 Å². The molecule has 3 rings (SSSR count). The van der Waals surface area contributed by atoms with Gasteiger partial charge in [-0.1, -0.05) is 36.4 Å². The van der Waals surface area contributed by atoms with Gasteiger partial charge in [0.05, 0.1) is 12.1 Å². The van der Waals surface area contributed by atoms with E-state index in [1.54, 1.807) is 4.90 Å². The maximum absolute atomic E-state index is 12.9. The van der Waals surface area contributed by atoms with Gasteiger partial charge in [0.25, 0.3) is 5.91 Å². The average Bonchev–Trinajstić information content (AvgIpc) is 2.56. The molecule has 0 saturated carbocycles. The molecule has 5 heteroatoms. The summed E-state index contributed by atoms with van der Waals surface area (Å²) in [5, 5.41) is 9.02. The van der Waals surface area contributed by atoms with E-state index in [9.17, 15) is 9.59 Å². The normalized spacial score (nSPS) is 16.3. The molecule has 1 aliphatic heterocycles. The second-order valence-corrected chi connectivity index (χ2v) is 6.36. The molecule has 1 N–H and O–H groups in total. The molecule has 130 valence electrons. The predicted molar refractivity (Wildman–Crippen MR) is 95.1 cm³/mol. The Morgan fingerprint density at radius 3 is 2.60 bits per heavy atom. The molecule has 1 unspecified atom stereocenters. The van der Waals surface area contributed by atoms with Crippen molar-refractivity contribution in [3.05, 3.63) is 59.2 Å². The van der Waals surface area contributed by atoms with Crippen LogP contribution < -0.4 is 9.64 Å². The Hall–Kier alpha value is -2.82. The third-order valence-electron chi connectivity index (χ3n) is 4.30. The number of aliphatic carboxylic acids is 1. The fourth-order valence-corrected chi connectivity index (χ4v) is 3.17. The van der Waals surface area contributed by atoms with Crippen LogP contribution in [-0.4, -0.2) is 29.6 Å². The zero-order chi connectivity index (χ0) is 18.0. The number of ether oxygens (including phenoxy) is 1. The highest BCUT2D eigenvalue weighted by atomic mass is 16.5. The van der Waals surface area contributed by atoms with Gasteiger partial charge in [0.2, 0.25) is 0 Å². The largest absolute Gasteiger partial charge is 0.481 e. The Labute approximate surface area is 146 Å². The van der Waals surface area contributed by atoms with Crippen molar-refractivity contribution in [3.63, 3.8) is 0 Å². The zero-order valence-electron chi connectivity index (χ0n) is 14.4. The van der Waals surface area contributed by atoms with Crippen molar-refractivity contribution in [1.29, 1.82) is 0 Å². The number of carboxylic acid groups (broad SMARTS) is 1. The second kappa shape index (κ2) is 6.97. The van der Waals surface area contributed by atoms with Crippen LogP contribution in [0.3, 0.4) is 0 Å². The number of fused-ring (bicyclic) bond motifs is 1. The zero-order valence-corrected chi connectivity index (χ0v) is 14.4. The average molecular weight is 339 g/mol. The van der Waals surface area contributed by atoms with Crippen LogP contribution in [0.2, 0.25) is 0 Å². The molecule has 0 saturated heterocycles. The van der Waals surface area contributed by atoms with Crippen LogP contribution in [0.4, 0.5) is 5.69 Å². The molecular weight excluding hydrogens is 318 g/mol. The summed E-state index contributed by atoms with van der Waals surface area (Å²) in [5.74, 6) is -0.455. The van der Waals surface area contributed by atoms with Gasteiger partial charge in [0.1, 0.15) is 5.75 Å². The molecule has 1 aliphatic rings. The molecule has 1 atom stereocenters. The van der Waals surface area contributed by atoms with Gasteiger partial charge in [-0.3, -0.25) is 9.59 Å². The van der Waals surface area contributed by atoms with Crippen molar-refractivity contribution < 1.29 is 19.4 Å². The molecule has 5 nitrogen and oxygen atoms in total. The molecule has 2 aromatic carbocycles. The molecule has 2 aromatic rings. The first-order chi connectivity index (χ1) is 12.0. The first-order valence-corrected chi connectivity index (χ1v) is 8.30. The van der Waals surface area contributed by atoms with Crippen molar-refractivity contribution in [3.8, 4) is 5.75 Å². The maximum atomic E-state index is 12.9. The smallest absolute Gasteiger partial charge is 0.305 e. The number of rotatable bonds is 5. The van der Waals surface area contributed by atoms with Gasteiger partial charge in [-0.2, -0.15) is 0 Å². The summed E-state index contributed by atoms with van der Waals surface area (Å²) < 4.78 is 6.03. The molecular formula is C20H21NO4. The number of carbonyl (C=O) groups excluding carboxylic acids is 1. The number of benzene rings is 2. The highest BCUT2D eigenvalue weighted by Gasteiger charge is 2.35. The minimum absolute atomic E-state index is 0.101. The van der Waals surface area contributed by atoms with E-state index in [2.05, 4.69) is 0 Å². The van der Waals surface area contributed by atoms with Gasteiger partial charge in [0.15, 0.2) is 6.10 Å². The van der Waals surface area contributed by atoms with Crippen LogP contribution in [0.5, 0.6) is 5.75 Å². The fourth-order valence-electron chi connectivity index (χ4n) is 3.17. The molecule has 0 bridgehead atoms. The monoisotopic (exact) mass is 339 g/mol. The number of carboxylic acids is 1. The van der Waals surface area contributed by atoms with Gasteiger partial charge in [-0.25, -0.2) is 0 Å². The van der Waals surface area contributed by atoms with Gasteiger partial charge >= 0.3 is 5.97 Å². The predicted octanol–water partition coefficient (Wildman–Crippen LogP) is 3.11. The molecule has 0 aliphatic carbocycles. The first kappa shape index (κ1) is 17.0. The van der Waals surface area contributed by atoms with Crippen LogP contribution in [-0.2, 0) is 16.0 Å². The van der Waals surface area contributed by atoms with Crippen molar-refractivity contribution in [2.45, 2.75) is 32.8 Å². The van der Waals surface area contributed by atoms with E-state index in [1.807, 2.05) is 56.3 Å². The summed E-state index contributed by atoms with van der Waals surface area (Å²) in [7, 11) is 0. The van der Waals surface area contributed by atoms with E-state index in [0.29, 0.717) is 17.9 Å². The Morgan fingerprint density at radius 2 is 1.92 bits per heavy atom. The van der Waals surface area contributed by atoms with Crippen molar-refractivity contribution in [2.75, 3.05) is 11.4 Å². The number of anilines is 1. The minimum Gasteiger partial charge on any atom is -0.481 e. The Balaban J connectivity index is 1.95. The molecule has 0 spiro atoms. The first-order valence-electron chi connectivity index (χ1n) is 8.30. The van der Waals surface area contributed by atoms with Crippen molar-refractivity contribution in [1.82, 2.24) is 0 Å². The highest BCUT2D eigenvalue weighted by molar-refractivity contribution is 6.01. The summed E-state index contributed by atoms with van der Waals surface area (Å²) in [4.78, 5) is 25.5. The SMILES string of the molecule is Cc1cc(C)c2c(c1)N(CCC(=O)O)C(=O)C(Cc1ccccc1)O2. The van der Waals surface area contributed by atoms with Crippen LogP contribution in [0.15, 0.2) is 42.5 Å². The molecule has 0 radical (unpaired) electrons. The van der Waals surface area contributed by atoms with E-state index in [-0.39, 0.29) is 18.9 Å². The van der Waals surface area contributed by atoms with Crippen LogP contribution in [0.25, 0.3) is 0 Å². The van der Waals surface area contributed by atoms with E-state index in [1.165, 1.54) is 0 Å². The lowest BCUT2D eigenvalue weighted by atomic mass is 10.0. The van der Waals surface area contributed by atoms with Crippen LogP contribution in [0.1, 0.15) is 23.1 Å². The lowest BCUT2D eigenvalue weighted by Gasteiger charge is -2.35.